The third-order valence-electron chi connectivity index (χ3n) is 1.76. The number of nitrogens with zero attached hydrogens (tertiary/aromatic N) is 2. The highest BCUT2D eigenvalue weighted by molar-refractivity contribution is 7.03. The van der Waals surface area contributed by atoms with Crippen LogP contribution in [0.3, 0.4) is 0 Å². The molecule has 2 N–H and O–H groups in total. The molecule has 2 rings (SSSR count). The maximum atomic E-state index is 5.87. The Morgan fingerprint density at radius 3 is 3.15 bits per heavy atom. The maximum absolute atomic E-state index is 5.87. The van der Waals surface area contributed by atoms with E-state index in [0.29, 0.717) is 6.42 Å². The molecule has 0 radical (unpaired) electrons. The van der Waals surface area contributed by atoms with Gasteiger partial charge in [-0.1, -0.05) is 4.49 Å². The molecule has 2 heterocycles. The summed E-state index contributed by atoms with van der Waals surface area (Å²) in [5, 5.41) is 5.75. The van der Waals surface area contributed by atoms with Crippen molar-refractivity contribution >= 4 is 11.5 Å². The number of furan rings is 1. The minimum absolute atomic E-state index is 0.120. The molecular weight excluding hydrogens is 186 g/mol. The highest BCUT2D eigenvalue weighted by Gasteiger charge is 2.10. The summed E-state index contributed by atoms with van der Waals surface area (Å²) in [6, 6.07) is 3.63. The van der Waals surface area contributed by atoms with Gasteiger partial charge in [-0.2, -0.15) is 0 Å². The molecule has 0 aliphatic carbocycles. The lowest BCUT2D eigenvalue weighted by molar-refractivity contribution is 0.486. The van der Waals surface area contributed by atoms with Gasteiger partial charge >= 0.3 is 0 Å². The molecule has 1 unspecified atom stereocenters. The largest absolute Gasteiger partial charge is 0.469 e. The van der Waals surface area contributed by atoms with Crippen LogP contribution < -0.4 is 5.73 Å². The van der Waals surface area contributed by atoms with Crippen molar-refractivity contribution < 1.29 is 4.42 Å². The van der Waals surface area contributed by atoms with Crippen LogP contribution in [0.4, 0.5) is 0 Å². The van der Waals surface area contributed by atoms with Crippen molar-refractivity contribution in [3.8, 4) is 0 Å². The van der Waals surface area contributed by atoms with Gasteiger partial charge in [-0.25, -0.2) is 0 Å². The highest BCUT2D eigenvalue weighted by atomic mass is 32.1. The van der Waals surface area contributed by atoms with Gasteiger partial charge in [0.05, 0.1) is 18.0 Å². The average Bonchev–Trinajstić information content (AvgIpc) is 2.74. The second kappa shape index (κ2) is 3.68. The normalized spacial score (nSPS) is 13.0. The topological polar surface area (TPSA) is 64.9 Å². The SMILES string of the molecule is NC(Cc1ccco1)c1csnn1. The fourth-order valence-corrected chi connectivity index (χ4v) is 1.60. The molecule has 1 atom stereocenters. The van der Waals surface area contributed by atoms with Crippen LogP contribution in [-0.4, -0.2) is 9.59 Å². The van der Waals surface area contributed by atoms with E-state index in [4.69, 9.17) is 10.2 Å². The lowest BCUT2D eigenvalue weighted by Crippen LogP contribution is -2.13. The van der Waals surface area contributed by atoms with Crippen LogP contribution in [0.2, 0.25) is 0 Å². The molecule has 2 aromatic rings. The second-order valence-corrected chi connectivity index (χ2v) is 3.33. The van der Waals surface area contributed by atoms with Crippen LogP contribution in [0.15, 0.2) is 28.2 Å². The van der Waals surface area contributed by atoms with Gasteiger partial charge in [0.2, 0.25) is 0 Å². The van der Waals surface area contributed by atoms with E-state index in [2.05, 4.69) is 9.59 Å². The Labute approximate surface area is 79.5 Å². The Kier molecular flexibility index (Phi) is 2.37. The third kappa shape index (κ3) is 1.93. The highest BCUT2D eigenvalue weighted by Crippen LogP contribution is 2.14. The van der Waals surface area contributed by atoms with Gasteiger partial charge in [0, 0.05) is 11.8 Å². The van der Waals surface area contributed by atoms with E-state index in [1.165, 1.54) is 11.5 Å². The lowest BCUT2D eigenvalue weighted by Gasteiger charge is -2.04. The molecule has 5 heteroatoms. The van der Waals surface area contributed by atoms with Gasteiger partial charge in [-0.05, 0) is 23.7 Å². The zero-order valence-electron chi connectivity index (χ0n) is 6.88. The van der Waals surface area contributed by atoms with Crippen molar-refractivity contribution in [1.29, 1.82) is 0 Å². The minimum atomic E-state index is -0.120. The van der Waals surface area contributed by atoms with E-state index >= 15 is 0 Å². The van der Waals surface area contributed by atoms with Crippen LogP contribution in [0.25, 0.3) is 0 Å². The molecule has 0 aromatic carbocycles. The molecule has 0 amide bonds. The Hall–Kier alpha value is -1.20. The van der Waals surface area contributed by atoms with Crippen LogP contribution in [0, 0.1) is 0 Å². The molecule has 4 nitrogen and oxygen atoms in total. The Morgan fingerprint density at radius 2 is 2.54 bits per heavy atom. The summed E-state index contributed by atoms with van der Waals surface area (Å²) in [4.78, 5) is 0. The molecule has 0 spiro atoms. The standard InChI is InChI=1S/C8H9N3OS/c9-7(8-5-13-11-10-8)4-6-2-1-3-12-6/h1-3,5,7H,4,9H2. The van der Waals surface area contributed by atoms with Crippen molar-refractivity contribution in [2.24, 2.45) is 5.73 Å². The predicted octanol–water partition coefficient (Wildman–Crippen LogP) is 1.37. The van der Waals surface area contributed by atoms with Crippen LogP contribution in [0.5, 0.6) is 0 Å². The monoisotopic (exact) mass is 195 g/mol. The van der Waals surface area contributed by atoms with Gasteiger partial charge in [-0.3, -0.25) is 0 Å². The minimum Gasteiger partial charge on any atom is -0.469 e. The molecule has 0 bridgehead atoms. The summed E-state index contributed by atoms with van der Waals surface area (Å²) >= 11 is 1.31. The van der Waals surface area contributed by atoms with Crippen molar-refractivity contribution in [2.75, 3.05) is 0 Å². The molecule has 13 heavy (non-hydrogen) atoms. The van der Waals surface area contributed by atoms with E-state index in [0.717, 1.165) is 11.5 Å². The maximum Gasteiger partial charge on any atom is 0.105 e. The van der Waals surface area contributed by atoms with Gasteiger partial charge in [-0.15, -0.1) is 5.10 Å². The fraction of sp³-hybridized carbons (Fsp3) is 0.250. The molecule has 0 fully saturated rings. The Bertz CT molecular complexity index is 343. The van der Waals surface area contributed by atoms with E-state index in [1.807, 2.05) is 17.5 Å². The number of hydrogen-bond acceptors (Lipinski definition) is 5. The first kappa shape index (κ1) is 8.40. The molecular formula is C8H9N3OS. The van der Waals surface area contributed by atoms with Gasteiger partial charge in [0.15, 0.2) is 0 Å². The fourth-order valence-electron chi connectivity index (χ4n) is 1.08. The first-order chi connectivity index (χ1) is 6.36. The molecule has 0 saturated heterocycles. The summed E-state index contributed by atoms with van der Waals surface area (Å²) < 4.78 is 8.93. The predicted molar refractivity (Wildman–Crippen MR) is 49.2 cm³/mol. The summed E-state index contributed by atoms with van der Waals surface area (Å²) in [7, 11) is 0. The third-order valence-corrected chi connectivity index (χ3v) is 2.28. The van der Waals surface area contributed by atoms with Crippen LogP contribution in [-0.2, 0) is 6.42 Å². The van der Waals surface area contributed by atoms with Crippen molar-refractivity contribution in [3.05, 3.63) is 35.2 Å². The van der Waals surface area contributed by atoms with Crippen molar-refractivity contribution in [1.82, 2.24) is 9.59 Å². The van der Waals surface area contributed by atoms with Gasteiger partial charge in [0.25, 0.3) is 0 Å². The van der Waals surface area contributed by atoms with Crippen LogP contribution >= 0.6 is 11.5 Å². The smallest absolute Gasteiger partial charge is 0.105 e. The summed E-state index contributed by atoms with van der Waals surface area (Å²) in [5.41, 5.74) is 6.70. The molecule has 68 valence electrons. The van der Waals surface area contributed by atoms with E-state index in [1.54, 1.807) is 6.26 Å². The van der Waals surface area contributed by atoms with Crippen molar-refractivity contribution in [2.45, 2.75) is 12.5 Å². The van der Waals surface area contributed by atoms with E-state index < -0.39 is 0 Å². The molecule has 0 aliphatic rings. The zero-order chi connectivity index (χ0) is 9.10. The summed E-state index contributed by atoms with van der Waals surface area (Å²) in [6.45, 7) is 0. The van der Waals surface area contributed by atoms with Gasteiger partial charge < -0.3 is 10.2 Å². The first-order valence-corrected chi connectivity index (χ1v) is 4.75. The average molecular weight is 195 g/mol. The quantitative estimate of drug-likeness (QED) is 0.803. The molecule has 2 aromatic heterocycles. The van der Waals surface area contributed by atoms with Crippen LogP contribution in [0.1, 0.15) is 17.5 Å². The molecule has 0 aliphatic heterocycles. The number of hydrogen-bond donors (Lipinski definition) is 1. The Morgan fingerprint density at radius 1 is 1.62 bits per heavy atom. The second-order valence-electron chi connectivity index (χ2n) is 2.72. The summed E-state index contributed by atoms with van der Waals surface area (Å²) in [5.74, 6) is 0.875. The number of rotatable bonds is 3. The number of aromatic nitrogens is 2. The first-order valence-electron chi connectivity index (χ1n) is 3.91. The van der Waals surface area contributed by atoms with E-state index in [-0.39, 0.29) is 6.04 Å². The van der Waals surface area contributed by atoms with Crippen molar-refractivity contribution in [3.63, 3.8) is 0 Å². The molecule has 0 saturated carbocycles. The Balaban J connectivity index is 2.04. The summed E-state index contributed by atoms with van der Waals surface area (Å²) in [6.07, 6.45) is 2.31. The van der Waals surface area contributed by atoms with Gasteiger partial charge in [0.1, 0.15) is 5.76 Å². The zero-order valence-corrected chi connectivity index (χ0v) is 7.70. The number of nitrogens with two attached hydrogens (primary N) is 1. The van der Waals surface area contributed by atoms with E-state index in [9.17, 15) is 0 Å². The lowest BCUT2D eigenvalue weighted by atomic mass is 10.1.